The van der Waals surface area contributed by atoms with Gasteiger partial charge in [-0.3, -0.25) is 0 Å². The van der Waals surface area contributed by atoms with Crippen molar-refractivity contribution in [3.63, 3.8) is 0 Å². The molecule has 1 aromatic heterocycles. The summed E-state index contributed by atoms with van der Waals surface area (Å²) in [4.78, 5) is 6.90. The summed E-state index contributed by atoms with van der Waals surface area (Å²) in [5, 5.41) is 0.994. The molecule has 0 radical (unpaired) electrons. The van der Waals surface area contributed by atoms with E-state index in [-0.39, 0.29) is 0 Å². The van der Waals surface area contributed by atoms with Crippen LogP contribution in [0.15, 0.2) is 24.3 Å². The predicted molar refractivity (Wildman–Crippen MR) is 102 cm³/mol. The van der Waals surface area contributed by atoms with E-state index >= 15 is 0 Å². The highest BCUT2D eigenvalue weighted by atomic mass is 32.2. The SMILES string of the molecule is O=S(=O)(N1CCCCCC1)N1CCN(c2nc3ccccc3s2)CC1. The monoisotopic (exact) mass is 380 g/mol. The summed E-state index contributed by atoms with van der Waals surface area (Å²) in [5.41, 5.74) is 1.02. The van der Waals surface area contributed by atoms with Gasteiger partial charge >= 0.3 is 0 Å². The lowest BCUT2D eigenvalue weighted by molar-refractivity contribution is 0.327. The third-order valence-corrected chi connectivity index (χ3v) is 8.14. The molecule has 2 aliphatic rings. The molecule has 3 heterocycles. The zero-order valence-corrected chi connectivity index (χ0v) is 15.9. The molecule has 0 spiro atoms. The molecule has 1 aromatic carbocycles. The van der Waals surface area contributed by atoms with Crippen molar-refractivity contribution in [1.29, 1.82) is 0 Å². The van der Waals surface area contributed by atoms with E-state index in [9.17, 15) is 8.42 Å². The lowest BCUT2D eigenvalue weighted by atomic mass is 10.2. The van der Waals surface area contributed by atoms with Gasteiger partial charge in [0.15, 0.2) is 5.13 Å². The molecule has 0 unspecified atom stereocenters. The molecule has 6 nitrogen and oxygen atoms in total. The summed E-state index contributed by atoms with van der Waals surface area (Å²) in [5.74, 6) is 0. The number of piperazine rings is 1. The van der Waals surface area contributed by atoms with Crippen molar-refractivity contribution in [3.8, 4) is 0 Å². The Morgan fingerprint density at radius 3 is 2.16 bits per heavy atom. The Morgan fingerprint density at radius 1 is 0.840 bits per heavy atom. The predicted octanol–water partition coefficient (Wildman–Crippen LogP) is 2.54. The number of hydrogen-bond acceptors (Lipinski definition) is 5. The van der Waals surface area contributed by atoms with Crippen LogP contribution in [-0.4, -0.2) is 61.3 Å². The fraction of sp³-hybridized carbons (Fsp3) is 0.588. The zero-order valence-electron chi connectivity index (χ0n) is 14.3. The van der Waals surface area contributed by atoms with Crippen LogP contribution in [0.1, 0.15) is 25.7 Å². The molecular weight excluding hydrogens is 356 g/mol. The smallest absolute Gasteiger partial charge is 0.282 e. The maximum Gasteiger partial charge on any atom is 0.282 e. The van der Waals surface area contributed by atoms with Crippen molar-refractivity contribution in [2.45, 2.75) is 25.7 Å². The van der Waals surface area contributed by atoms with Gasteiger partial charge in [-0.2, -0.15) is 17.0 Å². The van der Waals surface area contributed by atoms with Crippen LogP contribution in [0.5, 0.6) is 0 Å². The van der Waals surface area contributed by atoms with Crippen LogP contribution in [0.3, 0.4) is 0 Å². The number of rotatable bonds is 3. The maximum atomic E-state index is 12.9. The fourth-order valence-corrected chi connectivity index (χ4v) is 6.23. The summed E-state index contributed by atoms with van der Waals surface area (Å²) in [6, 6.07) is 8.12. The Morgan fingerprint density at radius 2 is 1.48 bits per heavy atom. The minimum atomic E-state index is -3.32. The van der Waals surface area contributed by atoms with Crippen LogP contribution < -0.4 is 4.90 Å². The van der Waals surface area contributed by atoms with E-state index in [2.05, 4.69) is 11.0 Å². The van der Waals surface area contributed by atoms with Gasteiger partial charge in [0, 0.05) is 39.3 Å². The topological polar surface area (TPSA) is 56.8 Å². The van der Waals surface area contributed by atoms with Crippen LogP contribution >= 0.6 is 11.3 Å². The first-order valence-corrected chi connectivity index (χ1v) is 11.2. The van der Waals surface area contributed by atoms with Crippen molar-refractivity contribution >= 4 is 36.9 Å². The van der Waals surface area contributed by atoms with Gasteiger partial charge in [-0.1, -0.05) is 36.3 Å². The summed E-state index contributed by atoms with van der Waals surface area (Å²) in [7, 11) is -3.32. The molecular formula is C17H24N4O2S2. The van der Waals surface area contributed by atoms with E-state index in [1.165, 1.54) is 4.70 Å². The zero-order chi connectivity index (χ0) is 17.3. The Kier molecular flexibility index (Phi) is 4.95. The standard InChI is InChI=1S/C17H24N4O2S2/c22-25(23,20-9-5-1-2-6-10-20)21-13-11-19(12-14-21)17-18-15-7-3-4-8-16(15)24-17/h3-4,7-8H,1-2,5-6,9-14H2. The molecule has 25 heavy (non-hydrogen) atoms. The van der Waals surface area contributed by atoms with Crippen molar-refractivity contribution < 1.29 is 8.42 Å². The Hall–Kier alpha value is -1.22. The molecule has 0 aliphatic carbocycles. The number of anilines is 1. The molecule has 8 heteroatoms. The summed E-state index contributed by atoms with van der Waals surface area (Å²) >= 11 is 1.68. The molecule has 2 aliphatic heterocycles. The molecule has 0 atom stereocenters. The summed E-state index contributed by atoms with van der Waals surface area (Å²) in [6.07, 6.45) is 4.23. The van der Waals surface area contributed by atoms with Gasteiger partial charge in [0.2, 0.25) is 0 Å². The van der Waals surface area contributed by atoms with Crippen molar-refractivity contribution in [3.05, 3.63) is 24.3 Å². The van der Waals surface area contributed by atoms with Crippen molar-refractivity contribution in [2.24, 2.45) is 0 Å². The largest absolute Gasteiger partial charge is 0.345 e. The molecule has 0 saturated carbocycles. The van der Waals surface area contributed by atoms with E-state index in [1.807, 2.05) is 18.2 Å². The second-order valence-corrected chi connectivity index (χ2v) is 9.61. The maximum absolute atomic E-state index is 12.9. The van der Waals surface area contributed by atoms with E-state index in [0.717, 1.165) is 36.3 Å². The van der Waals surface area contributed by atoms with Crippen LogP contribution in [0.4, 0.5) is 5.13 Å². The number of benzene rings is 1. The first-order chi connectivity index (χ1) is 12.1. The van der Waals surface area contributed by atoms with Crippen LogP contribution in [0, 0.1) is 0 Å². The average molecular weight is 381 g/mol. The highest BCUT2D eigenvalue weighted by molar-refractivity contribution is 7.86. The van der Waals surface area contributed by atoms with Crippen molar-refractivity contribution in [1.82, 2.24) is 13.6 Å². The lowest BCUT2D eigenvalue weighted by Crippen LogP contribution is -2.53. The van der Waals surface area contributed by atoms with E-state index in [4.69, 9.17) is 4.98 Å². The molecule has 2 saturated heterocycles. The number of fused-ring (bicyclic) bond motifs is 1. The van der Waals surface area contributed by atoms with Gasteiger partial charge in [0.05, 0.1) is 10.2 Å². The van der Waals surface area contributed by atoms with E-state index in [1.54, 1.807) is 19.9 Å². The number of aromatic nitrogens is 1. The second kappa shape index (κ2) is 7.19. The third-order valence-electron chi connectivity index (χ3n) is 5.01. The van der Waals surface area contributed by atoms with E-state index < -0.39 is 10.2 Å². The van der Waals surface area contributed by atoms with Crippen molar-refractivity contribution in [2.75, 3.05) is 44.2 Å². The highest BCUT2D eigenvalue weighted by Gasteiger charge is 2.33. The van der Waals surface area contributed by atoms with Gasteiger partial charge in [-0.25, -0.2) is 4.98 Å². The average Bonchev–Trinajstić information content (AvgIpc) is 2.87. The first-order valence-electron chi connectivity index (χ1n) is 9.00. The highest BCUT2D eigenvalue weighted by Crippen LogP contribution is 2.29. The van der Waals surface area contributed by atoms with E-state index in [0.29, 0.717) is 39.3 Å². The number of nitrogens with zero attached hydrogens (tertiary/aromatic N) is 4. The van der Waals surface area contributed by atoms with Crippen LogP contribution in [0.2, 0.25) is 0 Å². The Labute approximate surface area is 153 Å². The van der Waals surface area contributed by atoms with Gasteiger partial charge in [0.1, 0.15) is 0 Å². The number of hydrogen-bond donors (Lipinski definition) is 0. The third kappa shape index (κ3) is 3.53. The molecule has 2 fully saturated rings. The van der Waals surface area contributed by atoms with Gasteiger partial charge in [-0.05, 0) is 25.0 Å². The lowest BCUT2D eigenvalue weighted by Gasteiger charge is -2.36. The van der Waals surface area contributed by atoms with Gasteiger partial charge in [-0.15, -0.1) is 0 Å². The Bertz CT molecular complexity index is 787. The Balaban J connectivity index is 1.43. The number of thiazole rings is 1. The van der Waals surface area contributed by atoms with Gasteiger partial charge in [0.25, 0.3) is 10.2 Å². The molecule has 0 bridgehead atoms. The summed E-state index contributed by atoms with van der Waals surface area (Å²) in [6.45, 7) is 3.81. The molecule has 2 aromatic rings. The quantitative estimate of drug-likeness (QED) is 0.821. The molecule has 0 amide bonds. The number of para-hydroxylation sites is 1. The fourth-order valence-electron chi connectivity index (χ4n) is 3.54. The van der Waals surface area contributed by atoms with Crippen LogP contribution in [0.25, 0.3) is 10.2 Å². The van der Waals surface area contributed by atoms with Gasteiger partial charge < -0.3 is 4.90 Å². The minimum absolute atomic E-state index is 0.536. The molecule has 4 rings (SSSR count). The minimum Gasteiger partial charge on any atom is -0.345 e. The second-order valence-electron chi connectivity index (χ2n) is 6.67. The van der Waals surface area contributed by atoms with Crippen LogP contribution in [-0.2, 0) is 10.2 Å². The molecule has 0 N–H and O–H groups in total. The summed E-state index contributed by atoms with van der Waals surface area (Å²) < 4.78 is 30.3. The molecule has 136 valence electrons. The first kappa shape index (κ1) is 17.2. The normalized spacial score (nSPS) is 21.5.